The summed E-state index contributed by atoms with van der Waals surface area (Å²) in [5.74, 6) is -3.85. The van der Waals surface area contributed by atoms with Gasteiger partial charge in [-0.2, -0.15) is 0 Å². The van der Waals surface area contributed by atoms with Crippen molar-refractivity contribution in [1.82, 2.24) is 4.90 Å². The van der Waals surface area contributed by atoms with Crippen molar-refractivity contribution in [3.8, 4) is 0 Å². The molecule has 2 amide bonds. The minimum atomic E-state index is -1.23. The number of rotatable bonds is 5. The highest BCUT2D eigenvalue weighted by Gasteiger charge is 2.52. The molecule has 3 aliphatic rings. The van der Waals surface area contributed by atoms with E-state index in [4.69, 9.17) is 9.84 Å². The van der Waals surface area contributed by atoms with E-state index in [2.05, 4.69) is 0 Å². The van der Waals surface area contributed by atoms with Crippen molar-refractivity contribution in [1.29, 1.82) is 0 Å². The Morgan fingerprint density at radius 1 is 1.03 bits per heavy atom. The first-order valence-corrected chi connectivity index (χ1v) is 11.4. The molecule has 0 bridgehead atoms. The van der Waals surface area contributed by atoms with Crippen LogP contribution in [0.1, 0.15) is 54.1 Å². The van der Waals surface area contributed by atoms with Crippen LogP contribution in [-0.2, 0) is 9.53 Å². The molecular formula is C25H24F2N2O5. The molecule has 3 unspecified atom stereocenters. The number of carboxylic acids is 1. The third-order valence-corrected chi connectivity index (χ3v) is 6.94. The van der Waals surface area contributed by atoms with Gasteiger partial charge in [-0.3, -0.25) is 9.69 Å². The fourth-order valence-corrected chi connectivity index (χ4v) is 5.45. The number of carbonyl (C=O) groups excluding carboxylic acids is 2. The normalized spacial score (nSPS) is 23.1. The number of aliphatic carboxylic acids is 1. The molecule has 0 saturated heterocycles. The van der Waals surface area contributed by atoms with E-state index in [1.165, 1.54) is 6.07 Å². The molecule has 1 aliphatic heterocycles. The predicted octanol–water partition coefficient (Wildman–Crippen LogP) is 4.52. The van der Waals surface area contributed by atoms with Gasteiger partial charge < -0.3 is 14.7 Å². The molecule has 0 aromatic heterocycles. The number of hydrogen-bond donors (Lipinski definition) is 1. The molecule has 178 valence electrons. The average Bonchev–Trinajstić information content (AvgIpc) is 3.54. The van der Waals surface area contributed by atoms with Gasteiger partial charge in [-0.1, -0.05) is 24.6 Å². The largest absolute Gasteiger partial charge is 0.479 e. The average molecular weight is 470 g/mol. The second kappa shape index (κ2) is 8.70. The number of nitrogens with zero attached hydrogens (tertiary/aromatic N) is 2. The van der Waals surface area contributed by atoms with Crippen LogP contribution < -0.4 is 4.90 Å². The number of hydrogen-bond acceptors (Lipinski definition) is 4. The summed E-state index contributed by atoms with van der Waals surface area (Å²) >= 11 is 0. The summed E-state index contributed by atoms with van der Waals surface area (Å²) in [6, 6.07) is 9.75. The number of carbonyl (C=O) groups is 3. The Morgan fingerprint density at radius 2 is 1.79 bits per heavy atom. The number of halogens is 2. The Morgan fingerprint density at radius 3 is 2.50 bits per heavy atom. The zero-order valence-corrected chi connectivity index (χ0v) is 18.3. The molecule has 3 atom stereocenters. The van der Waals surface area contributed by atoms with E-state index < -0.39 is 36.2 Å². The van der Waals surface area contributed by atoms with E-state index in [1.807, 2.05) is 12.1 Å². The molecule has 9 heteroatoms. The third-order valence-electron chi connectivity index (χ3n) is 6.94. The van der Waals surface area contributed by atoms with Crippen molar-refractivity contribution in [2.24, 2.45) is 5.92 Å². The van der Waals surface area contributed by atoms with Crippen LogP contribution in [0.4, 0.5) is 19.3 Å². The molecule has 0 spiro atoms. The first-order chi connectivity index (χ1) is 16.4. The fourth-order valence-electron chi connectivity index (χ4n) is 5.45. The molecule has 1 N–H and O–H groups in total. The van der Waals surface area contributed by atoms with Crippen LogP contribution in [0, 0.1) is 17.6 Å². The standard InChI is InChI=1S/C25H24F2N2O5/c26-18-11-8-14(12-19(18)27)24(32)29-20-6-2-1-4-16(20)23(17-5-3-7-21(17)29)28(15-9-10-15)25(33)34-13-22(30)31/h1-2,4,6,8,11-12,15,17,21,23H,3,5,7,9-10,13H2,(H,30,31). The quantitative estimate of drug-likeness (QED) is 0.694. The van der Waals surface area contributed by atoms with Gasteiger partial charge in [0.05, 0.1) is 6.04 Å². The molecule has 5 rings (SSSR count). The van der Waals surface area contributed by atoms with Crippen molar-refractivity contribution in [3.05, 3.63) is 65.2 Å². The molecule has 2 aliphatic carbocycles. The van der Waals surface area contributed by atoms with Gasteiger partial charge >= 0.3 is 12.1 Å². The number of amides is 2. The van der Waals surface area contributed by atoms with Crippen LogP contribution in [0.15, 0.2) is 42.5 Å². The van der Waals surface area contributed by atoms with Gasteiger partial charge in [0.15, 0.2) is 18.2 Å². The lowest BCUT2D eigenvalue weighted by molar-refractivity contribution is -0.140. The second-order valence-corrected chi connectivity index (χ2v) is 9.06. The number of ether oxygens (including phenoxy) is 1. The van der Waals surface area contributed by atoms with Crippen molar-refractivity contribution in [3.63, 3.8) is 0 Å². The van der Waals surface area contributed by atoms with Crippen LogP contribution in [0.5, 0.6) is 0 Å². The summed E-state index contributed by atoms with van der Waals surface area (Å²) in [6.45, 7) is -0.717. The summed E-state index contributed by atoms with van der Waals surface area (Å²) in [5.41, 5.74) is 1.43. The Bertz CT molecular complexity index is 1150. The van der Waals surface area contributed by atoms with Crippen molar-refractivity contribution >= 4 is 23.7 Å². The Kier molecular flexibility index (Phi) is 5.71. The fraction of sp³-hybridized carbons (Fsp3) is 0.400. The van der Waals surface area contributed by atoms with E-state index in [1.54, 1.807) is 21.9 Å². The number of carboxylic acid groups (broad SMARTS) is 1. The molecule has 2 fully saturated rings. The van der Waals surface area contributed by atoms with Crippen molar-refractivity contribution < 1.29 is 33.0 Å². The van der Waals surface area contributed by atoms with E-state index in [0.717, 1.165) is 43.4 Å². The SMILES string of the molecule is O=C(O)COC(=O)N(C1CC1)C1c2ccccc2N(C(=O)c2ccc(F)c(F)c2)C2CCCC21. The lowest BCUT2D eigenvalue weighted by Crippen LogP contribution is -2.53. The zero-order valence-electron chi connectivity index (χ0n) is 18.3. The van der Waals surface area contributed by atoms with Crippen LogP contribution in [0.3, 0.4) is 0 Å². The smallest absolute Gasteiger partial charge is 0.411 e. The molecule has 0 radical (unpaired) electrons. The van der Waals surface area contributed by atoms with E-state index in [-0.39, 0.29) is 29.6 Å². The molecular weight excluding hydrogens is 446 g/mol. The number of fused-ring (bicyclic) bond motifs is 2. The first kappa shape index (κ1) is 22.3. The molecule has 1 heterocycles. The summed E-state index contributed by atoms with van der Waals surface area (Å²) in [4.78, 5) is 40.9. The second-order valence-electron chi connectivity index (χ2n) is 9.06. The number of benzene rings is 2. The van der Waals surface area contributed by atoms with Gasteiger partial charge in [0.1, 0.15) is 0 Å². The van der Waals surface area contributed by atoms with Crippen LogP contribution in [0.25, 0.3) is 0 Å². The molecule has 2 saturated carbocycles. The lowest BCUT2D eigenvalue weighted by atomic mass is 9.81. The monoisotopic (exact) mass is 470 g/mol. The van der Waals surface area contributed by atoms with E-state index >= 15 is 0 Å². The highest BCUT2D eigenvalue weighted by molar-refractivity contribution is 6.07. The number of para-hydroxylation sites is 1. The van der Waals surface area contributed by atoms with Crippen LogP contribution in [0.2, 0.25) is 0 Å². The lowest BCUT2D eigenvalue weighted by Gasteiger charge is -2.47. The maximum atomic E-state index is 13.9. The zero-order chi connectivity index (χ0) is 24.0. The Balaban J connectivity index is 1.56. The summed E-state index contributed by atoms with van der Waals surface area (Å²) in [6.07, 6.45) is 3.24. The minimum Gasteiger partial charge on any atom is -0.479 e. The van der Waals surface area contributed by atoms with Crippen LogP contribution in [-0.4, -0.2) is 46.7 Å². The predicted molar refractivity (Wildman–Crippen MR) is 117 cm³/mol. The van der Waals surface area contributed by atoms with E-state index in [0.29, 0.717) is 12.1 Å². The van der Waals surface area contributed by atoms with Crippen molar-refractivity contribution in [2.45, 2.75) is 50.2 Å². The van der Waals surface area contributed by atoms with Gasteiger partial charge in [-0.25, -0.2) is 18.4 Å². The molecule has 2 aromatic rings. The van der Waals surface area contributed by atoms with E-state index in [9.17, 15) is 23.2 Å². The van der Waals surface area contributed by atoms with Gasteiger partial charge in [0, 0.05) is 29.3 Å². The molecule has 7 nitrogen and oxygen atoms in total. The minimum absolute atomic E-state index is 0.0472. The Labute approximate surface area is 194 Å². The van der Waals surface area contributed by atoms with Crippen molar-refractivity contribution in [2.75, 3.05) is 11.5 Å². The topological polar surface area (TPSA) is 87.2 Å². The van der Waals surface area contributed by atoms with Gasteiger partial charge in [-0.15, -0.1) is 0 Å². The van der Waals surface area contributed by atoms with Crippen LogP contribution >= 0.6 is 0 Å². The van der Waals surface area contributed by atoms with Gasteiger partial charge in [-0.05, 0) is 55.5 Å². The maximum Gasteiger partial charge on any atom is 0.411 e. The summed E-state index contributed by atoms with van der Waals surface area (Å²) in [5, 5.41) is 8.97. The molecule has 34 heavy (non-hydrogen) atoms. The maximum absolute atomic E-state index is 13.9. The van der Waals surface area contributed by atoms with Gasteiger partial charge in [0.2, 0.25) is 0 Å². The third kappa shape index (κ3) is 3.89. The summed E-state index contributed by atoms with van der Waals surface area (Å²) in [7, 11) is 0. The first-order valence-electron chi connectivity index (χ1n) is 11.4. The highest BCUT2D eigenvalue weighted by atomic mass is 19.2. The molecule has 2 aromatic carbocycles. The van der Waals surface area contributed by atoms with Gasteiger partial charge in [0.25, 0.3) is 5.91 Å². The number of anilines is 1. The Hall–Kier alpha value is -3.49. The summed E-state index contributed by atoms with van der Waals surface area (Å²) < 4.78 is 32.5. The highest BCUT2D eigenvalue weighted by Crippen LogP contribution is 2.52.